The molecule has 0 spiro atoms. The van der Waals surface area contributed by atoms with Crippen molar-refractivity contribution in [3.05, 3.63) is 89.2 Å². The monoisotopic (exact) mass is 495 g/mol. The van der Waals surface area contributed by atoms with Crippen molar-refractivity contribution < 1.29 is 27.2 Å². The van der Waals surface area contributed by atoms with Crippen molar-refractivity contribution in [3.63, 3.8) is 0 Å². The van der Waals surface area contributed by atoms with Crippen LogP contribution in [0.3, 0.4) is 0 Å². The van der Waals surface area contributed by atoms with Crippen LogP contribution in [0.2, 0.25) is 0 Å². The molecule has 0 aliphatic carbocycles. The average Bonchev–Trinajstić information content (AvgIpc) is 3.08. The Kier molecular flexibility index (Phi) is 6.65. The van der Waals surface area contributed by atoms with E-state index >= 15 is 0 Å². The fourth-order valence-corrected chi connectivity index (χ4v) is 4.72. The van der Waals surface area contributed by atoms with E-state index in [1.807, 2.05) is 6.92 Å². The first-order valence-corrected chi connectivity index (χ1v) is 12.4. The summed E-state index contributed by atoms with van der Waals surface area (Å²) in [6.45, 7) is 2.27. The van der Waals surface area contributed by atoms with Crippen LogP contribution in [0, 0.1) is 5.82 Å². The number of amides is 3. The highest BCUT2D eigenvalue weighted by atomic mass is 32.2. The van der Waals surface area contributed by atoms with E-state index in [1.54, 1.807) is 12.1 Å². The van der Waals surface area contributed by atoms with Gasteiger partial charge in [0.2, 0.25) is 0 Å². The number of hydrogen-bond donors (Lipinski definition) is 2. The minimum atomic E-state index is -4.04. The number of sulfonamides is 1. The number of imide groups is 1. The van der Waals surface area contributed by atoms with Crippen LogP contribution in [0.25, 0.3) is 0 Å². The van der Waals surface area contributed by atoms with Crippen molar-refractivity contribution in [2.24, 2.45) is 0 Å². The van der Waals surface area contributed by atoms with E-state index in [9.17, 15) is 27.2 Å². The van der Waals surface area contributed by atoms with Gasteiger partial charge in [0.1, 0.15) is 5.82 Å². The molecule has 1 heterocycles. The lowest BCUT2D eigenvalue weighted by Crippen LogP contribution is -2.30. The summed E-state index contributed by atoms with van der Waals surface area (Å²) in [5.41, 5.74) is 0.816. The average molecular weight is 496 g/mol. The third kappa shape index (κ3) is 4.92. The summed E-state index contributed by atoms with van der Waals surface area (Å²) in [6, 6.07) is 14.7. The number of anilines is 2. The highest BCUT2D eigenvalue weighted by Gasteiger charge is 2.35. The Morgan fingerprint density at radius 3 is 2.26 bits per heavy atom. The SMILES string of the molecule is CCCCN1C(=O)c2ccc(C(=O)Nc3ccccc3NS(=O)(=O)c3ccc(F)cc3)cc2C1=O. The second kappa shape index (κ2) is 9.67. The van der Waals surface area contributed by atoms with Crippen molar-refractivity contribution in [1.82, 2.24) is 4.90 Å². The molecule has 8 nitrogen and oxygen atoms in total. The maximum absolute atomic E-state index is 13.2. The maximum atomic E-state index is 13.2. The molecule has 0 bridgehead atoms. The van der Waals surface area contributed by atoms with Crippen molar-refractivity contribution in [2.45, 2.75) is 24.7 Å². The van der Waals surface area contributed by atoms with Gasteiger partial charge in [0.15, 0.2) is 0 Å². The zero-order valence-corrected chi connectivity index (χ0v) is 19.6. The highest BCUT2D eigenvalue weighted by Crippen LogP contribution is 2.27. The third-order valence-electron chi connectivity index (χ3n) is 5.51. The van der Waals surface area contributed by atoms with E-state index in [2.05, 4.69) is 10.0 Å². The molecule has 0 radical (unpaired) electrons. The molecule has 2 N–H and O–H groups in total. The molecular weight excluding hydrogens is 473 g/mol. The molecule has 3 amide bonds. The minimum Gasteiger partial charge on any atom is -0.320 e. The normalized spacial score (nSPS) is 13.0. The van der Waals surface area contributed by atoms with Gasteiger partial charge in [0, 0.05) is 12.1 Å². The summed E-state index contributed by atoms with van der Waals surface area (Å²) in [7, 11) is -4.04. The van der Waals surface area contributed by atoms with Gasteiger partial charge in [-0.3, -0.25) is 24.0 Å². The lowest BCUT2D eigenvalue weighted by molar-refractivity contribution is 0.0652. The van der Waals surface area contributed by atoms with Crippen LogP contribution in [0.1, 0.15) is 50.8 Å². The number of nitrogens with one attached hydrogen (secondary N) is 2. The molecule has 0 saturated heterocycles. The molecule has 180 valence electrons. The molecule has 0 unspecified atom stereocenters. The molecule has 0 fully saturated rings. The highest BCUT2D eigenvalue weighted by molar-refractivity contribution is 7.92. The van der Waals surface area contributed by atoms with E-state index in [0.29, 0.717) is 13.0 Å². The van der Waals surface area contributed by atoms with Gasteiger partial charge in [0.05, 0.1) is 27.4 Å². The van der Waals surface area contributed by atoms with E-state index < -0.39 is 27.7 Å². The first kappa shape index (κ1) is 24.1. The summed E-state index contributed by atoms with van der Waals surface area (Å²) in [4.78, 5) is 39.2. The Morgan fingerprint density at radius 2 is 1.57 bits per heavy atom. The van der Waals surface area contributed by atoms with Crippen molar-refractivity contribution in [2.75, 3.05) is 16.6 Å². The molecule has 0 saturated carbocycles. The number of hydrogen-bond acceptors (Lipinski definition) is 5. The number of carbonyl (C=O) groups is 3. The molecule has 35 heavy (non-hydrogen) atoms. The summed E-state index contributed by atoms with van der Waals surface area (Å²) in [6.07, 6.45) is 1.51. The Bertz CT molecular complexity index is 1420. The topological polar surface area (TPSA) is 113 Å². The number of carbonyl (C=O) groups excluding carboxylic acids is 3. The predicted molar refractivity (Wildman–Crippen MR) is 128 cm³/mol. The first-order chi connectivity index (χ1) is 16.7. The molecule has 1 aliphatic heterocycles. The number of rotatable bonds is 8. The van der Waals surface area contributed by atoms with Gasteiger partial charge in [-0.1, -0.05) is 25.5 Å². The fourth-order valence-electron chi connectivity index (χ4n) is 3.64. The summed E-state index contributed by atoms with van der Waals surface area (Å²) in [5.74, 6) is -1.99. The van der Waals surface area contributed by atoms with Gasteiger partial charge in [-0.25, -0.2) is 12.8 Å². The fraction of sp³-hybridized carbons (Fsp3) is 0.160. The molecule has 0 atom stereocenters. The van der Waals surface area contributed by atoms with Crippen LogP contribution in [0.4, 0.5) is 15.8 Å². The molecule has 3 aromatic rings. The largest absolute Gasteiger partial charge is 0.320 e. The molecule has 0 aromatic heterocycles. The number of fused-ring (bicyclic) bond motifs is 1. The molecule has 3 aromatic carbocycles. The Balaban J connectivity index is 1.55. The standard InChI is InChI=1S/C25H22FN3O5S/c1-2-3-14-29-24(31)19-13-8-16(15-20(19)25(29)32)23(30)27-21-6-4-5-7-22(21)28-35(33,34)18-11-9-17(26)10-12-18/h4-13,15,28H,2-3,14H2,1H3,(H,27,30). The van der Waals surface area contributed by atoms with Gasteiger partial charge < -0.3 is 5.32 Å². The van der Waals surface area contributed by atoms with Gasteiger partial charge in [-0.05, 0) is 61.0 Å². The van der Waals surface area contributed by atoms with Crippen LogP contribution in [-0.2, 0) is 10.0 Å². The lowest BCUT2D eigenvalue weighted by Gasteiger charge is -2.14. The van der Waals surface area contributed by atoms with Crippen molar-refractivity contribution >= 4 is 39.1 Å². The summed E-state index contributed by atoms with van der Waals surface area (Å²) >= 11 is 0. The maximum Gasteiger partial charge on any atom is 0.261 e. The van der Waals surface area contributed by atoms with Gasteiger partial charge in [0.25, 0.3) is 27.7 Å². The number of halogens is 1. The molecule has 1 aliphatic rings. The van der Waals surface area contributed by atoms with Crippen molar-refractivity contribution in [3.8, 4) is 0 Å². The summed E-state index contributed by atoms with van der Waals surface area (Å²) < 4.78 is 41.0. The lowest BCUT2D eigenvalue weighted by atomic mass is 10.1. The number of nitrogens with zero attached hydrogens (tertiary/aromatic N) is 1. The second-order valence-corrected chi connectivity index (χ2v) is 9.62. The molecule has 10 heteroatoms. The van der Waals surface area contributed by atoms with Gasteiger partial charge in [-0.15, -0.1) is 0 Å². The molecule has 4 rings (SSSR count). The summed E-state index contributed by atoms with van der Waals surface area (Å²) in [5, 5.41) is 2.64. The van der Waals surface area contributed by atoms with E-state index in [4.69, 9.17) is 0 Å². The smallest absolute Gasteiger partial charge is 0.261 e. The van der Waals surface area contributed by atoms with Crippen LogP contribution in [0.5, 0.6) is 0 Å². The van der Waals surface area contributed by atoms with Gasteiger partial charge in [-0.2, -0.15) is 0 Å². The van der Waals surface area contributed by atoms with E-state index in [-0.39, 0.29) is 38.9 Å². The number of para-hydroxylation sites is 2. The zero-order valence-electron chi connectivity index (χ0n) is 18.7. The van der Waals surface area contributed by atoms with E-state index in [0.717, 1.165) is 30.7 Å². The zero-order chi connectivity index (χ0) is 25.2. The van der Waals surface area contributed by atoms with Crippen molar-refractivity contribution in [1.29, 1.82) is 0 Å². The van der Waals surface area contributed by atoms with Crippen LogP contribution < -0.4 is 10.0 Å². The second-order valence-electron chi connectivity index (χ2n) is 7.93. The van der Waals surface area contributed by atoms with E-state index in [1.165, 1.54) is 35.2 Å². The van der Waals surface area contributed by atoms with Gasteiger partial charge >= 0.3 is 0 Å². The van der Waals surface area contributed by atoms with Crippen LogP contribution >= 0.6 is 0 Å². The Hall–Kier alpha value is -4.05. The minimum absolute atomic E-state index is 0.100. The number of unbranched alkanes of at least 4 members (excludes halogenated alkanes) is 1. The molecular formula is C25H22FN3O5S. The first-order valence-electron chi connectivity index (χ1n) is 10.9. The van der Waals surface area contributed by atoms with Crippen LogP contribution in [-0.4, -0.2) is 37.6 Å². The Morgan fingerprint density at radius 1 is 0.914 bits per heavy atom. The predicted octanol–water partition coefficient (Wildman–Crippen LogP) is 4.27. The quantitative estimate of drug-likeness (QED) is 0.453. The third-order valence-corrected chi connectivity index (χ3v) is 6.89. The Labute approximate surface area is 201 Å². The van der Waals surface area contributed by atoms with Crippen LogP contribution in [0.15, 0.2) is 71.6 Å². The number of benzene rings is 3.